The van der Waals surface area contributed by atoms with E-state index >= 15 is 0 Å². The molecule has 0 aromatic heterocycles. The van der Waals surface area contributed by atoms with Gasteiger partial charge < -0.3 is 10.6 Å². The second-order valence-electron chi connectivity index (χ2n) is 4.72. The molecule has 2 N–H and O–H groups in total. The summed E-state index contributed by atoms with van der Waals surface area (Å²) in [5, 5.41) is 0. The lowest BCUT2D eigenvalue weighted by atomic mass is 9.89. The smallest absolute Gasteiger partial charge is 0.0110 e. The lowest BCUT2D eigenvalue weighted by Gasteiger charge is -2.38. The highest BCUT2D eigenvalue weighted by atomic mass is 15.2. The van der Waals surface area contributed by atoms with Crippen LogP contribution in [-0.2, 0) is 0 Å². The highest BCUT2D eigenvalue weighted by Crippen LogP contribution is 2.24. The van der Waals surface area contributed by atoms with Crippen LogP contribution in [0.3, 0.4) is 0 Å². The van der Waals surface area contributed by atoms with Crippen LogP contribution in [0.15, 0.2) is 0 Å². The molecular weight excluding hydrogens is 172 g/mol. The van der Waals surface area contributed by atoms with Gasteiger partial charge in [0.1, 0.15) is 0 Å². The summed E-state index contributed by atoms with van der Waals surface area (Å²) < 4.78 is 0. The first-order valence-corrected chi connectivity index (χ1v) is 6.16. The van der Waals surface area contributed by atoms with Gasteiger partial charge >= 0.3 is 0 Å². The van der Waals surface area contributed by atoms with Gasteiger partial charge in [-0.05, 0) is 39.2 Å². The molecule has 1 saturated carbocycles. The lowest BCUT2D eigenvalue weighted by Crippen LogP contribution is -2.45. The van der Waals surface area contributed by atoms with Crippen molar-refractivity contribution in [2.45, 2.75) is 70.5 Å². The summed E-state index contributed by atoms with van der Waals surface area (Å²) in [6.45, 7) is 4.57. The van der Waals surface area contributed by atoms with Crippen LogP contribution in [0.4, 0.5) is 0 Å². The number of rotatable bonds is 4. The van der Waals surface area contributed by atoms with E-state index in [9.17, 15) is 0 Å². The van der Waals surface area contributed by atoms with Crippen LogP contribution in [0, 0.1) is 0 Å². The Balaban J connectivity index is 2.45. The first-order valence-electron chi connectivity index (χ1n) is 6.16. The molecule has 2 nitrogen and oxygen atoms in total. The predicted octanol–water partition coefficient (Wildman–Crippen LogP) is 2.38. The second-order valence-corrected chi connectivity index (χ2v) is 4.72. The highest BCUT2D eigenvalue weighted by molar-refractivity contribution is 4.83. The van der Waals surface area contributed by atoms with E-state index in [0.717, 1.165) is 12.1 Å². The summed E-state index contributed by atoms with van der Waals surface area (Å²) in [6, 6.07) is 1.94. The van der Waals surface area contributed by atoms with Gasteiger partial charge in [0.05, 0.1) is 0 Å². The minimum atomic E-state index is 0.450. The summed E-state index contributed by atoms with van der Waals surface area (Å²) in [5.74, 6) is 0. The maximum absolute atomic E-state index is 6.02. The first-order chi connectivity index (χ1) is 6.69. The van der Waals surface area contributed by atoms with E-state index in [2.05, 4.69) is 25.8 Å². The van der Waals surface area contributed by atoms with Crippen molar-refractivity contribution in [1.29, 1.82) is 0 Å². The molecule has 0 saturated heterocycles. The fourth-order valence-electron chi connectivity index (χ4n) is 2.73. The van der Waals surface area contributed by atoms with E-state index < -0.39 is 0 Å². The molecule has 1 aliphatic rings. The van der Waals surface area contributed by atoms with Crippen LogP contribution in [0.5, 0.6) is 0 Å². The molecule has 0 radical (unpaired) electrons. The van der Waals surface area contributed by atoms with Gasteiger partial charge in [-0.25, -0.2) is 0 Å². The van der Waals surface area contributed by atoms with Crippen LogP contribution in [0.1, 0.15) is 52.4 Å². The predicted molar refractivity (Wildman–Crippen MR) is 62.4 cm³/mol. The van der Waals surface area contributed by atoms with Crippen LogP contribution in [0.25, 0.3) is 0 Å². The van der Waals surface area contributed by atoms with E-state index in [0.29, 0.717) is 6.04 Å². The molecule has 2 atom stereocenters. The van der Waals surface area contributed by atoms with E-state index in [4.69, 9.17) is 5.73 Å². The highest BCUT2D eigenvalue weighted by Gasteiger charge is 2.25. The SMILES string of the molecule is CCC(CC)N(C)C1CCCC(N)C1. The summed E-state index contributed by atoms with van der Waals surface area (Å²) in [7, 11) is 2.28. The van der Waals surface area contributed by atoms with Gasteiger partial charge in [0.2, 0.25) is 0 Å². The van der Waals surface area contributed by atoms with E-state index in [1.807, 2.05) is 0 Å². The van der Waals surface area contributed by atoms with Gasteiger partial charge in [-0.2, -0.15) is 0 Å². The quantitative estimate of drug-likeness (QED) is 0.751. The van der Waals surface area contributed by atoms with Crippen LogP contribution in [0.2, 0.25) is 0 Å². The van der Waals surface area contributed by atoms with Crippen molar-refractivity contribution in [3.63, 3.8) is 0 Å². The van der Waals surface area contributed by atoms with Crippen LogP contribution in [-0.4, -0.2) is 30.1 Å². The van der Waals surface area contributed by atoms with Gasteiger partial charge in [-0.1, -0.05) is 20.3 Å². The fourth-order valence-corrected chi connectivity index (χ4v) is 2.73. The minimum absolute atomic E-state index is 0.450. The van der Waals surface area contributed by atoms with Crippen molar-refractivity contribution in [3.05, 3.63) is 0 Å². The van der Waals surface area contributed by atoms with Gasteiger partial charge in [0, 0.05) is 18.1 Å². The third-order valence-electron chi connectivity index (χ3n) is 3.78. The molecule has 0 amide bonds. The van der Waals surface area contributed by atoms with Crippen molar-refractivity contribution < 1.29 is 0 Å². The normalized spacial score (nSPS) is 28.7. The topological polar surface area (TPSA) is 29.3 Å². The fraction of sp³-hybridized carbons (Fsp3) is 1.00. The summed E-state index contributed by atoms with van der Waals surface area (Å²) in [6.07, 6.45) is 7.62. The monoisotopic (exact) mass is 198 g/mol. The molecule has 84 valence electrons. The molecule has 0 heterocycles. The van der Waals surface area contributed by atoms with Gasteiger partial charge in [-0.15, -0.1) is 0 Å². The Labute approximate surface area is 88.8 Å². The Morgan fingerprint density at radius 2 is 1.93 bits per heavy atom. The van der Waals surface area contributed by atoms with Crippen molar-refractivity contribution >= 4 is 0 Å². The molecule has 0 aliphatic heterocycles. The van der Waals surface area contributed by atoms with Crippen LogP contribution < -0.4 is 5.73 Å². The number of hydrogen-bond donors (Lipinski definition) is 1. The van der Waals surface area contributed by atoms with Gasteiger partial charge in [0.15, 0.2) is 0 Å². The van der Waals surface area contributed by atoms with E-state index in [1.165, 1.54) is 38.5 Å². The average Bonchev–Trinajstić information content (AvgIpc) is 2.19. The second kappa shape index (κ2) is 5.72. The van der Waals surface area contributed by atoms with Crippen molar-refractivity contribution in [1.82, 2.24) is 4.90 Å². The Morgan fingerprint density at radius 1 is 1.29 bits per heavy atom. The van der Waals surface area contributed by atoms with Crippen molar-refractivity contribution in [2.75, 3.05) is 7.05 Å². The maximum atomic E-state index is 6.02. The third-order valence-corrected chi connectivity index (χ3v) is 3.78. The Kier molecular flexibility index (Phi) is 4.90. The molecule has 0 spiro atoms. The molecule has 2 unspecified atom stereocenters. The van der Waals surface area contributed by atoms with E-state index in [-0.39, 0.29) is 0 Å². The Hall–Kier alpha value is -0.0800. The molecular formula is C12H26N2. The zero-order valence-corrected chi connectivity index (χ0v) is 10.00. The molecule has 1 fully saturated rings. The molecule has 1 rings (SSSR count). The molecule has 2 heteroatoms. The Morgan fingerprint density at radius 3 is 2.43 bits per heavy atom. The lowest BCUT2D eigenvalue weighted by molar-refractivity contribution is 0.123. The standard InChI is InChI=1S/C12H26N2/c1-4-11(5-2)14(3)12-8-6-7-10(13)9-12/h10-12H,4-9,13H2,1-3H3. The molecule has 0 bridgehead atoms. The van der Waals surface area contributed by atoms with Gasteiger partial charge in [0.25, 0.3) is 0 Å². The average molecular weight is 198 g/mol. The Bertz CT molecular complexity index is 154. The number of hydrogen-bond acceptors (Lipinski definition) is 2. The molecule has 0 aromatic rings. The molecule has 14 heavy (non-hydrogen) atoms. The first kappa shape index (κ1) is 12.0. The zero-order chi connectivity index (χ0) is 10.6. The van der Waals surface area contributed by atoms with Crippen molar-refractivity contribution in [3.8, 4) is 0 Å². The maximum Gasteiger partial charge on any atom is 0.0110 e. The summed E-state index contributed by atoms with van der Waals surface area (Å²) >= 11 is 0. The summed E-state index contributed by atoms with van der Waals surface area (Å²) in [4.78, 5) is 2.57. The molecule has 1 aliphatic carbocycles. The van der Waals surface area contributed by atoms with Crippen molar-refractivity contribution in [2.24, 2.45) is 5.73 Å². The van der Waals surface area contributed by atoms with Gasteiger partial charge in [-0.3, -0.25) is 0 Å². The van der Waals surface area contributed by atoms with Crippen LogP contribution >= 0.6 is 0 Å². The third kappa shape index (κ3) is 2.96. The largest absolute Gasteiger partial charge is 0.328 e. The molecule has 0 aromatic carbocycles. The number of nitrogens with zero attached hydrogens (tertiary/aromatic N) is 1. The number of nitrogens with two attached hydrogens (primary N) is 1. The van der Waals surface area contributed by atoms with E-state index in [1.54, 1.807) is 0 Å². The zero-order valence-electron chi connectivity index (χ0n) is 10.00. The minimum Gasteiger partial charge on any atom is -0.328 e. The summed E-state index contributed by atoms with van der Waals surface area (Å²) in [5.41, 5.74) is 6.02.